The molecule has 4 heteroatoms. The normalized spacial score (nSPS) is 21.5. The topological polar surface area (TPSA) is 55.1 Å². The van der Waals surface area contributed by atoms with Gasteiger partial charge < -0.3 is 5.11 Å². The first-order valence-electron chi connectivity index (χ1n) is 5.92. The summed E-state index contributed by atoms with van der Waals surface area (Å²) in [5.41, 5.74) is 2.40. The summed E-state index contributed by atoms with van der Waals surface area (Å²) in [6, 6.07) is 0. The van der Waals surface area contributed by atoms with Crippen molar-refractivity contribution in [2.45, 2.75) is 45.6 Å². The van der Waals surface area contributed by atoms with Gasteiger partial charge in [0, 0.05) is 18.2 Å². The van der Waals surface area contributed by atoms with Gasteiger partial charge in [-0.05, 0) is 31.7 Å². The molecule has 0 radical (unpaired) electrons. The van der Waals surface area contributed by atoms with Crippen LogP contribution in [0.1, 0.15) is 43.9 Å². The number of aliphatic carboxylic acids is 1. The number of carboxylic acids is 1. The molecule has 0 amide bonds. The summed E-state index contributed by atoms with van der Waals surface area (Å²) < 4.78 is 2.00. The van der Waals surface area contributed by atoms with E-state index in [1.165, 1.54) is 5.69 Å². The molecule has 2 unspecified atom stereocenters. The van der Waals surface area contributed by atoms with Crippen molar-refractivity contribution < 1.29 is 9.90 Å². The van der Waals surface area contributed by atoms with Gasteiger partial charge in [-0.1, -0.05) is 6.92 Å². The van der Waals surface area contributed by atoms with Crippen molar-refractivity contribution in [3.05, 3.63) is 17.5 Å². The maximum absolute atomic E-state index is 11.1. The lowest BCUT2D eigenvalue weighted by Crippen LogP contribution is -2.23. The Morgan fingerprint density at radius 3 is 3.12 bits per heavy atom. The molecule has 1 aliphatic rings. The third-order valence-corrected chi connectivity index (χ3v) is 3.60. The molecule has 0 aromatic carbocycles. The standard InChI is InChI=1S/C12H18N2O2/c1-3-14-11-6-4-5-9(8(2)12(15)16)10(11)7-13-14/h7-9H,3-6H2,1-2H3,(H,15,16). The lowest BCUT2D eigenvalue weighted by Gasteiger charge is -2.25. The third kappa shape index (κ3) is 1.72. The molecule has 4 nitrogen and oxygen atoms in total. The van der Waals surface area contributed by atoms with Crippen molar-refractivity contribution in [2.24, 2.45) is 5.92 Å². The number of aromatic nitrogens is 2. The van der Waals surface area contributed by atoms with Gasteiger partial charge in [0.2, 0.25) is 0 Å². The number of fused-ring (bicyclic) bond motifs is 1. The van der Waals surface area contributed by atoms with Gasteiger partial charge in [0.1, 0.15) is 0 Å². The molecule has 0 spiro atoms. The fourth-order valence-electron chi connectivity index (χ4n) is 2.62. The number of hydrogen-bond acceptors (Lipinski definition) is 2. The minimum Gasteiger partial charge on any atom is -0.481 e. The van der Waals surface area contributed by atoms with Gasteiger partial charge in [-0.15, -0.1) is 0 Å². The molecule has 1 aromatic rings. The molecule has 1 aromatic heterocycles. The van der Waals surface area contributed by atoms with Crippen molar-refractivity contribution in [3.8, 4) is 0 Å². The largest absolute Gasteiger partial charge is 0.481 e. The van der Waals surface area contributed by atoms with Crippen molar-refractivity contribution in [3.63, 3.8) is 0 Å². The van der Waals surface area contributed by atoms with Gasteiger partial charge in [-0.2, -0.15) is 5.10 Å². The average molecular weight is 222 g/mol. The maximum atomic E-state index is 11.1. The van der Waals surface area contributed by atoms with Crippen molar-refractivity contribution >= 4 is 5.97 Å². The Kier molecular flexibility index (Phi) is 2.99. The van der Waals surface area contributed by atoms with Crippen LogP contribution in [0.3, 0.4) is 0 Å². The van der Waals surface area contributed by atoms with Gasteiger partial charge >= 0.3 is 5.97 Å². The summed E-state index contributed by atoms with van der Waals surface area (Å²) in [5.74, 6) is -0.878. The van der Waals surface area contributed by atoms with Gasteiger partial charge in [0.15, 0.2) is 0 Å². The number of hydrogen-bond donors (Lipinski definition) is 1. The molecular weight excluding hydrogens is 204 g/mol. The maximum Gasteiger partial charge on any atom is 0.306 e. The second-order valence-electron chi connectivity index (χ2n) is 4.49. The van der Waals surface area contributed by atoms with Crippen LogP contribution in [0, 0.1) is 5.92 Å². The van der Waals surface area contributed by atoms with Crippen molar-refractivity contribution in [1.29, 1.82) is 0 Å². The molecule has 88 valence electrons. The quantitative estimate of drug-likeness (QED) is 0.851. The van der Waals surface area contributed by atoms with Gasteiger partial charge in [0.25, 0.3) is 0 Å². The van der Waals surface area contributed by atoms with Crippen LogP contribution in [0.4, 0.5) is 0 Å². The van der Waals surface area contributed by atoms with Crippen LogP contribution >= 0.6 is 0 Å². The van der Waals surface area contributed by atoms with E-state index in [1.54, 1.807) is 6.92 Å². The molecule has 0 aliphatic heterocycles. The number of rotatable bonds is 3. The van der Waals surface area contributed by atoms with E-state index < -0.39 is 5.97 Å². The predicted molar refractivity (Wildman–Crippen MR) is 60.4 cm³/mol. The number of nitrogens with zero attached hydrogens (tertiary/aromatic N) is 2. The highest BCUT2D eigenvalue weighted by Gasteiger charge is 2.31. The van der Waals surface area contributed by atoms with E-state index in [1.807, 2.05) is 10.9 Å². The zero-order valence-corrected chi connectivity index (χ0v) is 9.81. The smallest absolute Gasteiger partial charge is 0.306 e. The summed E-state index contributed by atoms with van der Waals surface area (Å²) in [6.45, 7) is 4.73. The molecule has 0 saturated carbocycles. The molecule has 2 atom stereocenters. The van der Waals surface area contributed by atoms with E-state index in [-0.39, 0.29) is 11.8 Å². The van der Waals surface area contributed by atoms with Crippen LogP contribution in [0.25, 0.3) is 0 Å². The second kappa shape index (κ2) is 4.28. The first-order valence-corrected chi connectivity index (χ1v) is 5.92. The zero-order valence-electron chi connectivity index (χ0n) is 9.81. The minimum absolute atomic E-state index is 0.140. The van der Waals surface area contributed by atoms with Crippen LogP contribution in [0.5, 0.6) is 0 Å². The highest BCUT2D eigenvalue weighted by atomic mass is 16.4. The first-order chi connectivity index (χ1) is 7.65. The number of carbonyl (C=O) groups is 1. The van der Waals surface area contributed by atoms with Crippen LogP contribution in [-0.4, -0.2) is 20.9 Å². The van der Waals surface area contributed by atoms with Crippen molar-refractivity contribution in [2.75, 3.05) is 0 Å². The summed E-state index contributed by atoms with van der Waals surface area (Å²) >= 11 is 0. The van der Waals surface area contributed by atoms with E-state index in [0.29, 0.717) is 0 Å². The highest BCUT2D eigenvalue weighted by molar-refractivity contribution is 5.71. The highest BCUT2D eigenvalue weighted by Crippen LogP contribution is 2.36. The Morgan fingerprint density at radius 1 is 1.75 bits per heavy atom. The third-order valence-electron chi connectivity index (χ3n) is 3.60. The van der Waals surface area contributed by atoms with Gasteiger partial charge in [-0.25, -0.2) is 0 Å². The second-order valence-corrected chi connectivity index (χ2v) is 4.49. The van der Waals surface area contributed by atoms with Crippen LogP contribution in [0.15, 0.2) is 6.20 Å². The van der Waals surface area contributed by atoms with Crippen LogP contribution in [0.2, 0.25) is 0 Å². The minimum atomic E-state index is -0.706. The average Bonchev–Trinajstić information content (AvgIpc) is 2.70. The molecule has 16 heavy (non-hydrogen) atoms. The molecule has 0 bridgehead atoms. The summed E-state index contributed by atoms with van der Waals surface area (Å²) in [5, 5.41) is 13.4. The molecular formula is C12H18N2O2. The Hall–Kier alpha value is -1.32. The summed E-state index contributed by atoms with van der Waals surface area (Å²) in [7, 11) is 0. The van der Waals surface area contributed by atoms with Gasteiger partial charge in [0.05, 0.1) is 12.1 Å². The van der Waals surface area contributed by atoms with Crippen LogP contribution < -0.4 is 0 Å². The van der Waals surface area contributed by atoms with E-state index in [4.69, 9.17) is 5.11 Å². The van der Waals surface area contributed by atoms with Gasteiger partial charge in [-0.3, -0.25) is 9.48 Å². The van der Waals surface area contributed by atoms with E-state index in [9.17, 15) is 4.79 Å². The Balaban J connectivity index is 2.33. The molecule has 0 fully saturated rings. The molecule has 2 rings (SSSR count). The summed E-state index contributed by atoms with van der Waals surface area (Å²) in [4.78, 5) is 11.1. The summed E-state index contributed by atoms with van der Waals surface area (Å²) in [6.07, 6.45) is 4.94. The fourth-order valence-corrected chi connectivity index (χ4v) is 2.62. The Labute approximate surface area is 95.3 Å². The first kappa shape index (κ1) is 11.2. The number of aryl methyl sites for hydroxylation is 1. The Bertz CT molecular complexity index is 398. The SMILES string of the molecule is CCn1ncc2c1CCCC2C(C)C(=O)O. The van der Waals surface area contributed by atoms with E-state index in [2.05, 4.69) is 12.0 Å². The lowest BCUT2D eigenvalue weighted by molar-refractivity contribution is -0.142. The predicted octanol–water partition coefficient (Wildman–Crippen LogP) is 2.04. The molecule has 1 aliphatic carbocycles. The lowest BCUT2D eigenvalue weighted by atomic mass is 9.79. The fraction of sp³-hybridized carbons (Fsp3) is 0.667. The zero-order chi connectivity index (χ0) is 11.7. The van der Waals surface area contributed by atoms with E-state index in [0.717, 1.165) is 31.4 Å². The molecule has 1 heterocycles. The molecule has 0 saturated heterocycles. The monoisotopic (exact) mass is 222 g/mol. The van der Waals surface area contributed by atoms with E-state index >= 15 is 0 Å². The molecule has 1 N–H and O–H groups in total. The van der Waals surface area contributed by atoms with Crippen LogP contribution in [-0.2, 0) is 17.8 Å². The Morgan fingerprint density at radius 2 is 2.50 bits per heavy atom. The van der Waals surface area contributed by atoms with Crippen molar-refractivity contribution in [1.82, 2.24) is 9.78 Å². The number of carboxylic acid groups (broad SMARTS) is 1.